The molecule has 0 bridgehead atoms. The largest absolute Gasteiger partial charge is 0.494 e. The predicted molar refractivity (Wildman–Crippen MR) is 80.8 cm³/mol. The van der Waals surface area contributed by atoms with Gasteiger partial charge in [0.15, 0.2) is 0 Å². The smallest absolute Gasteiger partial charge is 0.240 e. The fraction of sp³-hybridized carbons (Fsp3) is 0.538. The Kier molecular flexibility index (Phi) is 5.82. The Morgan fingerprint density at radius 1 is 1.40 bits per heavy atom. The van der Waals surface area contributed by atoms with Crippen LogP contribution in [0.15, 0.2) is 29.2 Å². The third-order valence-electron chi connectivity index (χ3n) is 3.39. The van der Waals surface area contributed by atoms with Crippen LogP contribution in [0.25, 0.3) is 0 Å². The van der Waals surface area contributed by atoms with Gasteiger partial charge in [-0.05, 0) is 38.3 Å². The van der Waals surface area contributed by atoms with E-state index < -0.39 is 10.0 Å². The molecular formula is C13H21ClN2O3S. The molecule has 0 heterocycles. The summed E-state index contributed by atoms with van der Waals surface area (Å²) < 4.78 is 32.2. The molecule has 0 atom stereocenters. The lowest BCUT2D eigenvalue weighted by Gasteiger charge is -2.38. The first-order valence-electron chi connectivity index (χ1n) is 6.47. The molecule has 7 heteroatoms. The molecule has 1 aromatic carbocycles. The van der Waals surface area contributed by atoms with Crippen molar-refractivity contribution in [2.75, 3.05) is 13.2 Å². The summed E-state index contributed by atoms with van der Waals surface area (Å²) >= 11 is 0. The molecule has 5 nitrogen and oxygen atoms in total. The van der Waals surface area contributed by atoms with Crippen molar-refractivity contribution >= 4 is 22.4 Å². The standard InChI is InChI=1S/C13H20N2O3S.ClH/c1-2-18-11-5-3-6-12(9-11)19(16,17)15-10-13(14)7-4-8-13;/h3,5-6,9,15H,2,4,7-8,10,14H2,1H3;1H. The van der Waals surface area contributed by atoms with Crippen LogP contribution in [0.5, 0.6) is 5.75 Å². The van der Waals surface area contributed by atoms with Crippen molar-refractivity contribution in [1.82, 2.24) is 4.72 Å². The van der Waals surface area contributed by atoms with E-state index in [0.717, 1.165) is 19.3 Å². The Bertz CT molecular complexity index is 544. The third kappa shape index (κ3) is 4.09. The molecule has 1 saturated carbocycles. The molecule has 1 aliphatic rings. The van der Waals surface area contributed by atoms with E-state index in [4.69, 9.17) is 10.5 Å². The zero-order valence-electron chi connectivity index (χ0n) is 11.5. The van der Waals surface area contributed by atoms with Crippen molar-refractivity contribution < 1.29 is 13.2 Å². The van der Waals surface area contributed by atoms with Gasteiger partial charge in [0.1, 0.15) is 5.75 Å². The molecular weight excluding hydrogens is 300 g/mol. The van der Waals surface area contributed by atoms with E-state index in [9.17, 15) is 8.42 Å². The molecule has 114 valence electrons. The number of nitrogens with one attached hydrogen (secondary N) is 1. The number of hydrogen-bond acceptors (Lipinski definition) is 4. The van der Waals surface area contributed by atoms with E-state index in [-0.39, 0.29) is 29.4 Å². The van der Waals surface area contributed by atoms with Crippen LogP contribution in [0, 0.1) is 0 Å². The first kappa shape index (κ1) is 17.2. The van der Waals surface area contributed by atoms with Gasteiger partial charge in [-0.3, -0.25) is 0 Å². The Morgan fingerprint density at radius 3 is 2.65 bits per heavy atom. The number of benzene rings is 1. The molecule has 0 aliphatic heterocycles. The molecule has 0 unspecified atom stereocenters. The average Bonchev–Trinajstić information content (AvgIpc) is 2.35. The maximum absolute atomic E-state index is 12.2. The van der Waals surface area contributed by atoms with E-state index in [1.165, 1.54) is 6.07 Å². The second-order valence-electron chi connectivity index (χ2n) is 4.95. The molecule has 1 aliphatic carbocycles. The number of sulfonamides is 1. The highest BCUT2D eigenvalue weighted by Crippen LogP contribution is 2.28. The monoisotopic (exact) mass is 320 g/mol. The van der Waals surface area contributed by atoms with Gasteiger partial charge in [0.2, 0.25) is 10.0 Å². The SMILES string of the molecule is CCOc1cccc(S(=O)(=O)NCC2(N)CCC2)c1.Cl. The van der Waals surface area contributed by atoms with Gasteiger partial charge >= 0.3 is 0 Å². The van der Waals surface area contributed by atoms with Crippen LogP contribution in [0.3, 0.4) is 0 Å². The number of ether oxygens (including phenoxy) is 1. The van der Waals surface area contributed by atoms with E-state index in [1.807, 2.05) is 6.92 Å². The van der Waals surface area contributed by atoms with Crippen LogP contribution in [-0.4, -0.2) is 27.1 Å². The Hall–Kier alpha value is -0.820. The van der Waals surface area contributed by atoms with Crippen molar-refractivity contribution in [3.05, 3.63) is 24.3 Å². The van der Waals surface area contributed by atoms with Crippen molar-refractivity contribution in [1.29, 1.82) is 0 Å². The van der Waals surface area contributed by atoms with Gasteiger partial charge in [-0.2, -0.15) is 0 Å². The molecule has 2 rings (SSSR count). The van der Waals surface area contributed by atoms with Crippen LogP contribution >= 0.6 is 12.4 Å². The zero-order valence-corrected chi connectivity index (χ0v) is 13.1. The summed E-state index contributed by atoms with van der Waals surface area (Å²) in [5.41, 5.74) is 5.64. The normalized spacial score (nSPS) is 16.9. The topological polar surface area (TPSA) is 81.4 Å². The van der Waals surface area contributed by atoms with Crippen LogP contribution < -0.4 is 15.2 Å². The molecule has 1 aromatic rings. The summed E-state index contributed by atoms with van der Waals surface area (Å²) in [6.45, 7) is 2.64. The van der Waals surface area contributed by atoms with Crippen LogP contribution in [0.4, 0.5) is 0 Å². The molecule has 20 heavy (non-hydrogen) atoms. The van der Waals surface area contributed by atoms with Gasteiger partial charge in [-0.25, -0.2) is 13.1 Å². The van der Waals surface area contributed by atoms with Crippen molar-refractivity contribution in [3.8, 4) is 5.75 Å². The predicted octanol–water partition coefficient (Wildman–Crippen LogP) is 1.67. The van der Waals surface area contributed by atoms with Crippen LogP contribution in [0.1, 0.15) is 26.2 Å². The van der Waals surface area contributed by atoms with Gasteiger partial charge in [-0.1, -0.05) is 6.07 Å². The molecule has 0 radical (unpaired) electrons. The Morgan fingerprint density at radius 2 is 2.10 bits per heavy atom. The van der Waals surface area contributed by atoms with Crippen LogP contribution in [0.2, 0.25) is 0 Å². The average molecular weight is 321 g/mol. The first-order chi connectivity index (χ1) is 8.95. The molecule has 1 fully saturated rings. The second kappa shape index (κ2) is 6.76. The third-order valence-corrected chi connectivity index (χ3v) is 4.79. The highest BCUT2D eigenvalue weighted by atomic mass is 35.5. The van der Waals surface area contributed by atoms with Gasteiger partial charge in [0, 0.05) is 18.2 Å². The quantitative estimate of drug-likeness (QED) is 0.835. The van der Waals surface area contributed by atoms with Gasteiger partial charge in [0.05, 0.1) is 11.5 Å². The summed E-state index contributed by atoms with van der Waals surface area (Å²) in [6, 6.07) is 6.48. The van der Waals surface area contributed by atoms with Gasteiger partial charge in [0.25, 0.3) is 0 Å². The van der Waals surface area contributed by atoms with E-state index in [1.54, 1.807) is 18.2 Å². The molecule has 0 aromatic heterocycles. The number of rotatable bonds is 6. The summed E-state index contributed by atoms with van der Waals surface area (Å²) in [5, 5.41) is 0. The number of nitrogens with two attached hydrogens (primary N) is 1. The summed E-state index contributed by atoms with van der Waals surface area (Å²) in [7, 11) is -3.52. The van der Waals surface area contributed by atoms with Gasteiger partial charge < -0.3 is 10.5 Å². The second-order valence-corrected chi connectivity index (χ2v) is 6.72. The van der Waals surface area contributed by atoms with Crippen LogP contribution in [-0.2, 0) is 10.0 Å². The molecule has 0 amide bonds. The maximum atomic E-state index is 12.2. The number of halogens is 1. The minimum Gasteiger partial charge on any atom is -0.494 e. The minimum absolute atomic E-state index is 0. The van der Waals surface area contributed by atoms with Crippen molar-refractivity contribution in [2.24, 2.45) is 5.73 Å². The lowest BCUT2D eigenvalue weighted by molar-refractivity contribution is 0.251. The summed E-state index contributed by atoms with van der Waals surface area (Å²) in [6.07, 6.45) is 2.81. The highest BCUT2D eigenvalue weighted by Gasteiger charge is 2.33. The van der Waals surface area contributed by atoms with Gasteiger partial charge in [-0.15, -0.1) is 12.4 Å². The fourth-order valence-corrected chi connectivity index (χ4v) is 3.20. The lowest BCUT2D eigenvalue weighted by Crippen LogP contribution is -2.54. The Labute approximate surface area is 126 Å². The lowest BCUT2D eigenvalue weighted by atomic mass is 9.78. The van der Waals surface area contributed by atoms with E-state index in [0.29, 0.717) is 12.4 Å². The highest BCUT2D eigenvalue weighted by molar-refractivity contribution is 7.89. The zero-order chi connectivity index (χ0) is 13.9. The van der Waals surface area contributed by atoms with Crippen molar-refractivity contribution in [3.63, 3.8) is 0 Å². The fourth-order valence-electron chi connectivity index (χ4n) is 2.03. The molecule has 0 saturated heterocycles. The van der Waals surface area contributed by atoms with E-state index >= 15 is 0 Å². The molecule has 3 N–H and O–H groups in total. The Balaban J connectivity index is 0.00000200. The maximum Gasteiger partial charge on any atom is 0.240 e. The first-order valence-corrected chi connectivity index (χ1v) is 7.95. The van der Waals surface area contributed by atoms with Crippen molar-refractivity contribution in [2.45, 2.75) is 36.6 Å². The summed E-state index contributed by atoms with van der Waals surface area (Å²) in [5.74, 6) is 0.552. The minimum atomic E-state index is -3.52. The van der Waals surface area contributed by atoms with E-state index in [2.05, 4.69) is 4.72 Å². The molecule has 0 spiro atoms. The number of hydrogen-bond donors (Lipinski definition) is 2. The summed E-state index contributed by atoms with van der Waals surface area (Å²) in [4.78, 5) is 0.210.